The Labute approximate surface area is 231 Å². The van der Waals surface area contributed by atoms with Gasteiger partial charge in [-0.3, -0.25) is 19.6 Å². The zero-order chi connectivity index (χ0) is 27.2. The minimum absolute atomic E-state index is 0.115. The van der Waals surface area contributed by atoms with Crippen LogP contribution in [0.25, 0.3) is 5.70 Å². The first-order valence-corrected chi connectivity index (χ1v) is 13.9. The average molecular weight is 528 g/mol. The van der Waals surface area contributed by atoms with Crippen LogP contribution in [0.4, 0.5) is 4.39 Å². The summed E-state index contributed by atoms with van der Waals surface area (Å²) in [7, 11) is 0. The van der Waals surface area contributed by atoms with Gasteiger partial charge in [0.15, 0.2) is 0 Å². The normalized spacial score (nSPS) is 18.1. The highest BCUT2D eigenvalue weighted by Gasteiger charge is 2.25. The maximum Gasteiger partial charge on any atom is 0.270 e. The Morgan fingerprint density at radius 2 is 1.67 bits per heavy atom. The first kappa shape index (κ1) is 27.0. The van der Waals surface area contributed by atoms with Crippen molar-refractivity contribution in [3.8, 4) is 0 Å². The van der Waals surface area contributed by atoms with Gasteiger partial charge in [0.1, 0.15) is 11.5 Å². The summed E-state index contributed by atoms with van der Waals surface area (Å²) < 4.78 is 13.2. The largest absolute Gasteiger partial charge is 0.369 e. The van der Waals surface area contributed by atoms with Gasteiger partial charge in [-0.05, 0) is 55.2 Å². The molecule has 7 heteroatoms. The van der Waals surface area contributed by atoms with Crippen LogP contribution in [0.5, 0.6) is 0 Å². The van der Waals surface area contributed by atoms with E-state index in [9.17, 15) is 9.18 Å². The number of hydrogen-bond donors (Lipinski definition) is 1. The van der Waals surface area contributed by atoms with Crippen molar-refractivity contribution in [1.82, 2.24) is 25.0 Å². The molecule has 6 nitrogen and oxygen atoms in total. The van der Waals surface area contributed by atoms with Crippen molar-refractivity contribution < 1.29 is 9.18 Å². The molecule has 2 aliphatic rings. The van der Waals surface area contributed by atoms with Gasteiger partial charge in [0.2, 0.25) is 0 Å². The second-order valence-electron chi connectivity index (χ2n) is 10.6. The molecule has 0 aliphatic carbocycles. The van der Waals surface area contributed by atoms with Crippen LogP contribution in [-0.2, 0) is 6.54 Å². The Morgan fingerprint density at radius 1 is 0.974 bits per heavy atom. The SMILES string of the molecule is C=C(c1ccc(C(=O)NC2CCN(C(C)c3ccccc3)CC2)nc1)N1CCN(Cc2ccc(F)cc2)CC1. The van der Waals surface area contributed by atoms with Gasteiger partial charge in [0, 0.05) is 75.4 Å². The molecule has 2 fully saturated rings. The number of piperazine rings is 1. The number of halogens is 1. The molecular formula is C32H38FN5O. The molecule has 204 valence electrons. The number of aromatic nitrogens is 1. The van der Waals surface area contributed by atoms with E-state index in [0.717, 1.165) is 75.5 Å². The van der Waals surface area contributed by atoms with E-state index < -0.39 is 0 Å². The molecule has 1 aromatic heterocycles. The zero-order valence-electron chi connectivity index (χ0n) is 22.7. The lowest BCUT2D eigenvalue weighted by molar-refractivity contribution is 0.0891. The van der Waals surface area contributed by atoms with Gasteiger partial charge < -0.3 is 10.2 Å². The summed E-state index contributed by atoms with van der Waals surface area (Å²) in [6, 6.07) is 21.6. The standard InChI is InChI=1S/C32H38FN5O/c1-24(27-6-4-3-5-7-27)37-16-14-30(15-17-37)35-32(39)31-13-10-28(22-34-31)25(2)38-20-18-36(19-21-38)23-26-8-11-29(33)12-9-26/h3-13,22,24,30H,2,14-21,23H2,1H3,(H,35,39). The number of piperidine rings is 1. The van der Waals surface area contributed by atoms with E-state index in [1.807, 2.05) is 24.3 Å². The quantitative estimate of drug-likeness (QED) is 0.449. The number of pyridine rings is 1. The molecule has 1 unspecified atom stereocenters. The van der Waals surface area contributed by atoms with Crippen molar-refractivity contribution in [2.45, 2.75) is 38.4 Å². The minimum Gasteiger partial charge on any atom is -0.369 e. The first-order valence-electron chi connectivity index (χ1n) is 13.9. The maximum absolute atomic E-state index is 13.2. The highest BCUT2D eigenvalue weighted by atomic mass is 19.1. The van der Waals surface area contributed by atoms with Crippen LogP contribution >= 0.6 is 0 Å². The number of carbonyl (C=O) groups is 1. The summed E-state index contributed by atoms with van der Waals surface area (Å²) in [6.45, 7) is 12.8. The lowest BCUT2D eigenvalue weighted by Gasteiger charge is -2.37. The molecule has 1 amide bonds. The highest BCUT2D eigenvalue weighted by Crippen LogP contribution is 2.24. The lowest BCUT2D eigenvalue weighted by Crippen LogP contribution is -2.45. The number of rotatable bonds is 8. The third-order valence-electron chi connectivity index (χ3n) is 8.10. The van der Waals surface area contributed by atoms with E-state index in [1.165, 1.54) is 17.7 Å². The number of carbonyl (C=O) groups excluding carboxylic acids is 1. The third kappa shape index (κ3) is 6.91. The number of benzene rings is 2. The Kier molecular flexibility index (Phi) is 8.69. The maximum atomic E-state index is 13.2. The molecule has 1 atom stereocenters. The van der Waals surface area contributed by atoms with Crippen LogP contribution in [0.15, 0.2) is 79.5 Å². The summed E-state index contributed by atoms with van der Waals surface area (Å²) in [5.41, 5.74) is 4.75. The van der Waals surface area contributed by atoms with Crippen LogP contribution < -0.4 is 5.32 Å². The summed E-state index contributed by atoms with van der Waals surface area (Å²) in [5.74, 6) is -0.317. The Balaban J connectivity index is 1.07. The molecule has 39 heavy (non-hydrogen) atoms. The Morgan fingerprint density at radius 3 is 2.31 bits per heavy atom. The van der Waals surface area contributed by atoms with Crippen molar-refractivity contribution in [1.29, 1.82) is 0 Å². The summed E-state index contributed by atoms with van der Waals surface area (Å²) >= 11 is 0. The van der Waals surface area contributed by atoms with E-state index in [2.05, 4.69) is 62.8 Å². The van der Waals surface area contributed by atoms with E-state index >= 15 is 0 Å². The molecule has 3 aromatic rings. The molecule has 2 aromatic carbocycles. The number of nitrogens with zero attached hydrogens (tertiary/aromatic N) is 4. The van der Waals surface area contributed by atoms with Crippen LogP contribution in [-0.4, -0.2) is 70.9 Å². The van der Waals surface area contributed by atoms with Gasteiger partial charge >= 0.3 is 0 Å². The molecule has 3 heterocycles. The van der Waals surface area contributed by atoms with Crippen molar-refractivity contribution in [3.05, 3.63) is 108 Å². The fourth-order valence-corrected chi connectivity index (χ4v) is 5.54. The average Bonchev–Trinajstić information content (AvgIpc) is 2.99. The van der Waals surface area contributed by atoms with Gasteiger partial charge in [-0.2, -0.15) is 0 Å². The minimum atomic E-state index is -0.202. The van der Waals surface area contributed by atoms with Crippen molar-refractivity contribution in [2.24, 2.45) is 0 Å². The summed E-state index contributed by atoms with van der Waals surface area (Å²) in [4.78, 5) is 24.5. The fraction of sp³-hybridized carbons (Fsp3) is 0.375. The second-order valence-corrected chi connectivity index (χ2v) is 10.6. The monoisotopic (exact) mass is 527 g/mol. The highest BCUT2D eigenvalue weighted by molar-refractivity contribution is 5.92. The second kappa shape index (κ2) is 12.5. The predicted molar refractivity (Wildman–Crippen MR) is 153 cm³/mol. The van der Waals surface area contributed by atoms with Gasteiger partial charge in [-0.25, -0.2) is 4.39 Å². The molecule has 5 rings (SSSR count). The molecule has 0 bridgehead atoms. The van der Waals surface area contributed by atoms with E-state index in [-0.39, 0.29) is 17.8 Å². The molecule has 2 aliphatic heterocycles. The zero-order valence-corrected chi connectivity index (χ0v) is 22.7. The van der Waals surface area contributed by atoms with Crippen molar-refractivity contribution in [2.75, 3.05) is 39.3 Å². The molecule has 2 saturated heterocycles. The van der Waals surface area contributed by atoms with Crippen LogP contribution in [0.1, 0.15) is 53.0 Å². The lowest BCUT2D eigenvalue weighted by atomic mass is 10.00. The fourth-order valence-electron chi connectivity index (χ4n) is 5.54. The molecule has 0 saturated carbocycles. The van der Waals surface area contributed by atoms with Crippen LogP contribution in [0, 0.1) is 5.82 Å². The van der Waals surface area contributed by atoms with Gasteiger partial charge in [0.05, 0.1) is 0 Å². The molecule has 0 spiro atoms. The Bertz CT molecular complexity index is 1230. The first-order chi connectivity index (χ1) is 19.0. The van der Waals surface area contributed by atoms with E-state index in [1.54, 1.807) is 12.3 Å². The van der Waals surface area contributed by atoms with Crippen molar-refractivity contribution in [3.63, 3.8) is 0 Å². The number of hydrogen-bond acceptors (Lipinski definition) is 5. The number of nitrogens with one attached hydrogen (secondary N) is 1. The van der Waals surface area contributed by atoms with E-state index in [0.29, 0.717) is 11.7 Å². The number of amides is 1. The summed E-state index contributed by atoms with van der Waals surface area (Å²) in [6.07, 6.45) is 3.63. The molecular weight excluding hydrogens is 489 g/mol. The van der Waals surface area contributed by atoms with Gasteiger partial charge in [-0.1, -0.05) is 49.0 Å². The van der Waals surface area contributed by atoms with Gasteiger partial charge in [-0.15, -0.1) is 0 Å². The molecule has 0 radical (unpaired) electrons. The van der Waals surface area contributed by atoms with Crippen molar-refractivity contribution >= 4 is 11.6 Å². The van der Waals surface area contributed by atoms with Crippen LogP contribution in [0.2, 0.25) is 0 Å². The van der Waals surface area contributed by atoms with Gasteiger partial charge in [0.25, 0.3) is 5.91 Å². The summed E-state index contributed by atoms with van der Waals surface area (Å²) in [5, 5.41) is 3.19. The van der Waals surface area contributed by atoms with E-state index in [4.69, 9.17) is 0 Å². The molecule has 1 N–H and O–H groups in total. The predicted octanol–water partition coefficient (Wildman–Crippen LogP) is 4.96. The third-order valence-corrected chi connectivity index (χ3v) is 8.10. The van der Waals surface area contributed by atoms with Crippen LogP contribution in [0.3, 0.4) is 0 Å². The number of likely N-dealkylation sites (tertiary alicyclic amines) is 1. The topological polar surface area (TPSA) is 51.7 Å². The Hall–Kier alpha value is -3.55. The smallest absolute Gasteiger partial charge is 0.270 e.